The van der Waals surface area contributed by atoms with E-state index >= 15 is 0 Å². The lowest BCUT2D eigenvalue weighted by molar-refractivity contribution is -0.121. The van der Waals surface area contributed by atoms with Crippen LogP contribution in [0.3, 0.4) is 0 Å². The van der Waals surface area contributed by atoms with Crippen molar-refractivity contribution in [3.05, 3.63) is 54.1 Å². The Balaban J connectivity index is 1.57. The van der Waals surface area contributed by atoms with Crippen molar-refractivity contribution in [2.45, 2.75) is 43.5 Å². The number of benzene rings is 2. The number of para-hydroxylation sites is 1. The Morgan fingerprint density at radius 3 is 2.52 bits per heavy atom. The summed E-state index contributed by atoms with van der Waals surface area (Å²) in [7, 11) is -1.98. The Labute approximate surface area is 184 Å². The predicted octanol–water partition coefficient (Wildman–Crippen LogP) is 3.00. The molecule has 1 saturated heterocycles. The highest BCUT2D eigenvalue weighted by Crippen LogP contribution is 2.27. The number of carbonyl (C=O) groups is 1. The van der Waals surface area contributed by atoms with Gasteiger partial charge in [-0.25, -0.2) is 8.42 Å². The molecule has 0 unspecified atom stereocenters. The number of ether oxygens (including phenoxy) is 2. The second-order valence-corrected chi connectivity index (χ2v) is 9.62. The van der Waals surface area contributed by atoms with Crippen LogP contribution < -0.4 is 14.8 Å². The Morgan fingerprint density at radius 1 is 1.13 bits per heavy atom. The molecular formula is C23H30N2O5S. The van der Waals surface area contributed by atoms with Crippen LogP contribution in [0, 0.1) is 0 Å². The average molecular weight is 447 g/mol. The highest BCUT2D eigenvalue weighted by atomic mass is 32.2. The molecule has 1 fully saturated rings. The molecule has 168 valence electrons. The molecule has 8 heteroatoms. The number of hydrogen-bond donors (Lipinski definition) is 1. The molecule has 1 aliphatic heterocycles. The average Bonchev–Trinajstić information content (AvgIpc) is 3.33. The number of methoxy groups -OCH3 is 1. The summed E-state index contributed by atoms with van der Waals surface area (Å²) >= 11 is 0. The van der Waals surface area contributed by atoms with Gasteiger partial charge >= 0.3 is 0 Å². The number of aryl methyl sites for hydroxylation is 1. The van der Waals surface area contributed by atoms with Gasteiger partial charge in [0, 0.05) is 19.5 Å². The molecule has 1 atom stereocenters. The van der Waals surface area contributed by atoms with Crippen molar-refractivity contribution < 1.29 is 22.7 Å². The third kappa shape index (κ3) is 6.21. The van der Waals surface area contributed by atoms with Crippen LogP contribution in [0.1, 0.15) is 31.7 Å². The molecule has 3 rings (SSSR count). The molecule has 2 aromatic rings. The molecule has 0 aromatic heterocycles. The minimum atomic E-state index is -3.52. The van der Waals surface area contributed by atoms with E-state index in [0.29, 0.717) is 37.4 Å². The minimum Gasteiger partial charge on any atom is -0.496 e. The lowest BCUT2D eigenvalue weighted by Gasteiger charge is -2.18. The first-order chi connectivity index (χ1) is 14.9. The number of nitrogens with one attached hydrogen (secondary N) is 1. The fraction of sp³-hybridized carbons (Fsp3) is 0.435. The first-order valence-electron chi connectivity index (χ1n) is 10.5. The van der Waals surface area contributed by atoms with Gasteiger partial charge in [-0.1, -0.05) is 18.2 Å². The lowest BCUT2D eigenvalue weighted by atomic mass is 10.1. The van der Waals surface area contributed by atoms with Gasteiger partial charge in [-0.3, -0.25) is 4.79 Å². The maximum absolute atomic E-state index is 12.9. The molecule has 0 radical (unpaired) electrons. The molecule has 0 spiro atoms. The molecule has 0 aliphatic carbocycles. The van der Waals surface area contributed by atoms with Crippen molar-refractivity contribution in [1.29, 1.82) is 0 Å². The van der Waals surface area contributed by atoms with Gasteiger partial charge in [-0.15, -0.1) is 0 Å². The van der Waals surface area contributed by atoms with E-state index < -0.39 is 10.0 Å². The Bertz CT molecular complexity index is 973. The Morgan fingerprint density at radius 2 is 1.84 bits per heavy atom. The van der Waals surface area contributed by atoms with Crippen LogP contribution in [0.2, 0.25) is 0 Å². The summed E-state index contributed by atoms with van der Waals surface area (Å²) in [6.45, 7) is 3.34. The number of carbonyl (C=O) groups excluding carboxylic acids is 1. The van der Waals surface area contributed by atoms with Crippen LogP contribution in [0.15, 0.2) is 53.4 Å². The highest BCUT2D eigenvalue weighted by molar-refractivity contribution is 7.89. The summed E-state index contributed by atoms with van der Waals surface area (Å²) in [5, 5.41) is 2.92. The number of nitrogens with zero attached hydrogens (tertiary/aromatic N) is 1. The molecule has 0 saturated carbocycles. The molecule has 7 nitrogen and oxygen atoms in total. The maximum Gasteiger partial charge on any atom is 0.243 e. The minimum absolute atomic E-state index is 0.126. The highest BCUT2D eigenvalue weighted by Gasteiger charge is 2.27. The zero-order valence-electron chi connectivity index (χ0n) is 18.0. The number of rotatable bonds is 10. The molecule has 1 heterocycles. The summed E-state index contributed by atoms with van der Waals surface area (Å²) in [6.07, 6.45) is 2.37. The van der Waals surface area contributed by atoms with Crippen molar-refractivity contribution in [3.63, 3.8) is 0 Å². The second kappa shape index (κ2) is 10.6. The van der Waals surface area contributed by atoms with Gasteiger partial charge in [-0.05, 0) is 62.1 Å². The number of sulfonamides is 1. The van der Waals surface area contributed by atoms with Crippen LogP contribution in [0.5, 0.6) is 11.5 Å². The van der Waals surface area contributed by atoms with Crippen molar-refractivity contribution in [2.24, 2.45) is 0 Å². The van der Waals surface area contributed by atoms with E-state index in [-0.39, 0.29) is 23.3 Å². The van der Waals surface area contributed by atoms with E-state index in [1.54, 1.807) is 18.2 Å². The van der Waals surface area contributed by atoms with Gasteiger partial charge in [0.15, 0.2) is 0 Å². The normalized spacial score (nSPS) is 15.4. The van der Waals surface area contributed by atoms with Gasteiger partial charge in [0.1, 0.15) is 18.1 Å². The van der Waals surface area contributed by atoms with Crippen molar-refractivity contribution in [2.75, 3.05) is 26.8 Å². The zero-order valence-corrected chi connectivity index (χ0v) is 18.9. The van der Waals surface area contributed by atoms with Crippen molar-refractivity contribution in [3.8, 4) is 11.5 Å². The van der Waals surface area contributed by atoms with Crippen LogP contribution >= 0.6 is 0 Å². The lowest BCUT2D eigenvalue weighted by Crippen LogP contribution is -2.36. The number of hydrogen-bond acceptors (Lipinski definition) is 5. The first-order valence-corrected chi connectivity index (χ1v) is 12.0. The summed E-state index contributed by atoms with van der Waals surface area (Å²) in [4.78, 5) is 12.6. The molecule has 0 bridgehead atoms. The van der Waals surface area contributed by atoms with E-state index in [2.05, 4.69) is 5.32 Å². The smallest absolute Gasteiger partial charge is 0.243 e. The SMILES string of the molecule is COc1ccc(S(=O)(=O)N2CCCC2)cc1CCC(=O)N[C@@H](C)COc1ccccc1. The summed E-state index contributed by atoms with van der Waals surface area (Å²) in [5.74, 6) is 1.21. The van der Waals surface area contributed by atoms with E-state index in [0.717, 1.165) is 18.6 Å². The van der Waals surface area contributed by atoms with Gasteiger partial charge in [0.2, 0.25) is 15.9 Å². The van der Waals surface area contributed by atoms with E-state index in [4.69, 9.17) is 9.47 Å². The van der Waals surface area contributed by atoms with Gasteiger partial charge in [0.25, 0.3) is 0 Å². The third-order valence-electron chi connectivity index (χ3n) is 5.23. The van der Waals surface area contributed by atoms with Crippen LogP contribution in [-0.2, 0) is 21.2 Å². The van der Waals surface area contributed by atoms with Gasteiger partial charge in [0.05, 0.1) is 18.0 Å². The topological polar surface area (TPSA) is 84.9 Å². The largest absolute Gasteiger partial charge is 0.496 e. The van der Waals surface area contributed by atoms with E-state index in [1.807, 2.05) is 37.3 Å². The summed E-state index contributed by atoms with van der Waals surface area (Å²) in [5.41, 5.74) is 0.700. The van der Waals surface area contributed by atoms with Crippen LogP contribution in [-0.4, -0.2) is 51.5 Å². The molecule has 1 amide bonds. The van der Waals surface area contributed by atoms with Gasteiger partial charge in [-0.2, -0.15) is 4.31 Å². The predicted molar refractivity (Wildman–Crippen MR) is 119 cm³/mol. The fourth-order valence-electron chi connectivity index (χ4n) is 3.56. The molecule has 1 aliphatic rings. The monoisotopic (exact) mass is 446 g/mol. The maximum atomic E-state index is 12.9. The molecule has 1 N–H and O–H groups in total. The summed E-state index contributed by atoms with van der Waals surface area (Å²) < 4.78 is 38.3. The first kappa shape index (κ1) is 23.1. The Kier molecular flexibility index (Phi) is 7.92. The third-order valence-corrected chi connectivity index (χ3v) is 7.12. The standard InChI is InChI=1S/C23H30N2O5S/c1-18(17-30-20-8-4-3-5-9-20)24-23(26)13-10-19-16-21(11-12-22(19)29-2)31(27,28)25-14-6-7-15-25/h3-5,8-9,11-12,16,18H,6-7,10,13-15,17H2,1-2H3,(H,24,26)/t18-/m0/s1. The fourth-order valence-corrected chi connectivity index (χ4v) is 5.13. The summed E-state index contributed by atoms with van der Waals surface area (Å²) in [6, 6.07) is 14.1. The van der Waals surface area contributed by atoms with Crippen molar-refractivity contribution in [1.82, 2.24) is 9.62 Å². The zero-order chi connectivity index (χ0) is 22.3. The van der Waals surface area contributed by atoms with Gasteiger partial charge < -0.3 is 14.8 Å². The van der Waals surface area contributed by atoms with Crippen molar-refractivity contribution >= 4 is 15.9 Å². The van der Waals surface area contributed by atoms with E-state index in [9.17, 15) is 13.2 Å². The molecular weight excluding hydrogens is 416 g/mol. The second-order valence-electron chi connectivity index (χ2n) is 7.68. The Hall–Kier alpha value is -2.58. The van der Waals surface area contributed by atoms with E-state index in [1.165, 1.54) is 11.4 Å². The number of amides is 1. The quantitative estimate of drug-likeness (QED) is 0.607. The van der Waals surface area contributed by atoms with Crippen LogP contribution in [0.4, 0.5) is 0 Å². The molecule has 31 heavy (non-hydrogen) atoms. The van der Waals surface area contributed by atoms with Crippen LogP contribution in [0.25, 0.3) is 0 Å². The molecule has 2 aromatic carbocycles.